The van der Waals surface area contributed by atoms with Crippen molar-refractivity contribution in [1.29, 1.82) is 0 Å². The summed E-state index contributed by atoms with van der Waals surface area (Å²) in [5.74, 6) is 0. The summed E-state index contributed by atoms with van der Waals surface area (Å²) in [5, 5.41) is 6.93. The standard InChI is InChI=1S/C14H11BrClNS2/c1-17-13(12-6-10(15)14(16)19-12)9-7-18-11-5-3-2-4-8(9)11/h2-7,13,17H,1H3. The van der Waals surface area contributed by atoms with Crippen molar-refractivity contribution in [2.75, 3.05) is 7.05 Å². The Morgan fingerprint density at radius 1 is 1.32 bits per heavy atom. The van der Waals surface area contributed by atoms with Gasteiger partial charge in [-0.25, -0.2) is 0 Å². The van der Waals surface area contributed by atoms with Gasteiger partial charge in [0, 0.05) is 14.0 Å². The van der Waals surface area contributed by atoms with E-state index >= 15 is 0 Å². The predicted octanol–water partition coefficient (Wildman–Crippen LogP) is 5.69. The van der Waals surface area contributed by atoms with E-state index in [1.54, 1.807) is 22.7 Å². The van der Waals surface area contributed by atoms with Crippen LogP contribution in [0, 0.1) is 0 Å². The van der Waals surface area contributed by atoms with Crippen molar-refractivity contribution < 1.29 is 0 Å². The summed E-state index contributed by atoms with van der Waals surface area (Å²) >= 11 is 13.0. The van der Waals surface area contributed by atoms with E-state index in [2.05, 4.69) is 57.0 Å². The lowest BCUT2D eigenvalue weighted by Crippen LogP contribution is -2.15. The van der Waals surface area contributed by atoms with Crippen LogP contribution in [0.25, 0.3) is 10.1 Å². The van der Waals surface area contributed by atoms with Crippen molar-refractivity contribution in [2.45, 2.75) is 6.04 Å². The van der Waals surface area contributed by atoms with E-state index < -0.39 is 0 Å². The topological polar surface area (TPSA) is 12.0 Å². The first-order valence-corrected chi connectivity index (χ1v) is 8.65. The zero-order valence-electron chi connectivity index (χ0n) is 10.1. The number of hydrogen-bond donors (Lipinski definition) is 1. The lowest BCUT2D eigenvalue weighted by atomic mass is 10.0. The molecule has 0 amide bonds. The summed E-state index contributed by atoms with van der Waals surface area (Å²) < 4.78 is 3.09. The van der Waals surface area contributed by atoms with Gasteiger partial charge in [0.1, 0.15) is 4.34 Å². The molecule has 0 aliphatic rings. The molecule has 2 aromatic heterocycles. The number of fused-ring (bicyclic) bond motifs is 1. The summed E-state index contributed by atoms with van der Waals surface area (Å²) in [6.07, 6.45) is 0. The van der Waals surface area contributed by atoms with Gasteiger partial charge in [-0.3, -0.25) is 0 Å². The van der Waals surface area contributed by atoms with E-state index in [0.717, 1.165) is 8.81 Å². The van der Waals surface area contributed by atoms with Gasteiger partial charge in [0.25, 0.3) is 0 Å². The van der Waals surface area contributed by atoms with E-state index in [9.17, 15) is 0 Å². The van der Waals surface area contributed by atoms with Crippen LogP contribution in [0.2, 0.25) is 4.34 Å². The van der Waals surface area contributed by atoms with Crippen LogP contribution < -0.4 is 5.32 Å². The highest BCUT2D eigenvalue weighted by Gasteiger charge is 2.19. The Morgan fingerprint density at radius 2 is 2.11 bits per heavy atom. The van der Waals surface area contributed by atoms with E-state index in [1.807, 2.05) is 7.05 Å². The maximum atomic E-state index is 6.16. The molecule has 0 saturated carbocycles. The Balaban J connectivity index is 2.12. The first-order valence-electron chi connectivity index (χ1n) is 5.79. The maximum Gasteiger partial charge on any atom is 0.107 e. The molecule has 1 nitrogen and oxygen atoms in total. The summed E-state index contributed by atoms with van der Waals surface area (Å²) in [6.45, 7) is 0. The van der Waals surface area contributed by atoms with Crippen molar-refractivity contribution in [2.24, 2.45) is 0 Å². The van der Waals surface area contributed by atoms with Crippen LogP contribution in [0.15, 0.2) is 40.2 Å². The third kappa shape index (κ3) is 2.48. The zero-order chi connectivity index (χ0) is 13.4. The predicted molar refractivity (Wildman–Crippen MR) is 89.8 cm³/mol. The van der Waals surface area contributed by atoms with E-state index in [0.29, 0.717) is 0 Å². The normalized spacial score (nSPS) is 13.0. The summed E-state index contributed by atoms with van der Waals surface area (Å²) in [6, 6.07) is 10.8. The van der Waals surface area contributed by atoms with Gasteiger partial charge >= 0.3 is 0 Å². The lowest BCUT2D eigenvalue weighted by molar-refractivity contribution is 0.711. The summed E-state index contributed by atoms with van der Waals surface area (Å²) in [7, 11) is 1.98. The Labute approximate surface area is 133 Å². The molecule has 1 N–H and O–H groups in total. The Hall–Kier alpha value is -0.390. The van der Waals surface area contributed by atoms with Crippen molar-refractivity contribution >= 4 is 60.3 Å². The second-order valence-electron chi connectivity index (χ2n) is 4.18. The first-order chi connectivity index (χ1) is 9.20. The molecule has 0 aliphatic heterocycles. The fraction of sp³-hybridized carbons (Fsp3) is 0.143. The summed E-state index contributed by atoms with van der Waals surface area (Å²) in [4.78, 5) is 1.22. The van der Waals surface area contributed by atoms with Gasteiger partial charge in [-0.15, -0.1) is 22.7 Å². The van der Waals surface area contributed by atoms with Gasteiger partial charge in [-0.1, -0.05) is 29.8 Å². The van der Waals surface area contributed by atoms with Gasteiger partial charge in [0.2, 0.25) is 0 Å². The largest absolute Gasteiger partial charge is 0.309 e. The number of hydrogen-bond acceptors (Lipinski definition) is 3. The Bertz CT molecular complexity index is 700. The third-order valence-corrected chi connectivity index (χ3v) is 6.58. The minimum atomic E-state index is 0.185. The quantitative estimate of drug-likeness (QED) is 0.623. The third-order valence-electron chi connectivity index (χ3n) is 3.06. The molecule has 1 atom stereocenters. The van der Waals surface area contributed by atoms with E-state index in [4.69, 9.17) is 11.6 Å². The van der Waals surface area contributed by atoms with Crippen molar-refractivity contribution in [3.05, 3.63) is 55.0 Å². The van der Waals surface area contributed by atoms with Gasteiger partial charge < -0.3 is 5.32 Å². The molecule has 2 heterocycles. The van der Waals surface area contributed by atoms with Crippen LogP contribution in [0.4, 0.5) is 0 Å². The van der Waals surface area contributed by atoms with E-state index in [1.165, 1.54) is 20.5 Å². The lowest BCUT2D eigenvalue weighted by Gasteiger charge is -2.13. The van der Waals surface area contributed by atoms with Crippen LogP contribution in [-0.4, -0.2) is 7.05 Å². The van der Waals surface area contributed by atoms with Crippen LogP contribution in [0.5, 0.6) is 0 Å². The molecular formula is C14H11BrClNS2. The molecule has 19 heavy (non-hydrogen) atoms. The second kappa shape index (κ2) is 5.54. The second-order valence-corrected chi connectivity index (χ2v) is 7.63. The van der Waals surface area contributed by atoms with Crippen molar-refractivity contribution in [1.82, 2.24) is 5.32 Å². The SMILES string of the molecule is CNC(c1cc(Br)c(Cl)s1)c1csc2ccccc12. The zero-order valence-corrected chi connectivity index (χ0v) is 14.1. The van der Waals surface area contributed by atoms with Gasteiger partial charge in [0.05, 0.1) is 6.04 Å². The molecular weight excluding hydrogens is 362 g/mol. The number of thiophene rings is 2. The molecule has 5 heteroatoms. The molecule has 0 bridgehead atoms. The number of halogens is 2. The minimum Gasteiger partial charge on any atom is -0.309 e. The number of benzene rings is 1. The molecule has 98 valence electrons. The highest BCUT2D eigenvalue weighted by atomic mass is 79.9. The maximum absolute atomic E-state index is 6.16. The highest BCUT2D eigenvalue weighted by Crippen LogP contribution is 2.40. The summed E-state index contributed by atoms with van der Waals surface area (Å²) in [5.41, 5.74) is 1.31. The molecule has 1 aromatic carbocycles. The van der Waals surface area contributed by atoms with Crippen LogP contribution in [-0.2, 0) is 0 Å². The fourth-order valence-corrected chi connectivity index (χ4v) is 5.03. The molecule has 3 aromatic rings. The average molecular weight is 373 g/mol. The molecule has 0 aliphatic carbocycles. The van der Waals surface area contributed by atoms with Crippen LogP contribution in [0.3, 0.4) is 0 Å². The molecule has 1 unspecified atom stereocenters. The monoisotopic (exact) mass is 371 g/mol. The van der Waals surface area contributed by atoms with Gasteiger partial charge in [-0.05, 0) is 51.4 Å². The molecule has 0 radical (unpaired) electrons. The highest BCUT2D eigenvalue weighted by molar-refractivity contribution is 9.10. The van der Waals surface area contributed by atoms with Crippen LogP contribution in [0.1, 0.15) is 16.5 Å². The molecule has 3 rings (SSSR count). The number of rotatable bonds is 3. The number of nitrogens with one attached hydrogen (secondary N) is 1. The average Bonchev–Trinajstić information content (AvgIpc) is 2.97. The van der Waals surface area contributed by atoms with Crippen LogP contribution >= 0.6 is 50.2 Å². The minimum absolute atomic E-state index is 0.185. The van der Waals surface area contributed by atoms with Crippen molar-refractivity contribution in [3.63, 3.8) is 0 Å². The molecule has 0 spiro atoms. The van der Waals surface area contributed by atoms with E-state index in [-0.39, 0.29) is 6.04 Å². The Morgan fingerprint density at radius 3 is 2.79 bits per heavy atom. The first kappa shape index (κ1) is 13.6. The Kier molecular flexibility index (Phi) is 3.96. The van der Waals surface area contributed by atoms with Gasteiger partial charge in [-0.2, -0.15) is 0 Å². The smallest absolute Gasteiger partial charge is 0.107 e. The fourth-order valence-electron chi connectivity index (χ4n) is 2.18. The van der Waals surface area contributed by atoms with Crippen molar-refractivity contribution in [3.8, 4) is 0 Å². The van der Waals surface area contributed by atoms with Gasteiger partial charge in [0.15, 0.2) is 0 Å². The molecule has 0 fully saturated rings. The molecule has 0 saturated heterocycles.